The van der Waals surface area contributed by atoms with E-state index in [1.807, 2.05) is 25.1 Å². The summed E-state index contributed by atoms with van der Waals surface area (Å²) in [7, 11) is 0. The molecule has 0 aliphatic carbocycles. The molecule has 4 nitrogen and oxygen atoms in total. The molecule has 0 radical (unpaired) electrons. The summed E-state index contributed by atoms with van der Waals surface area (Å²) in [4.78, 5) is 24.9. The van der Waals surface area contributed by atoms with E-state index in [1.165, 1.54) is 11.3 Å². The second-order valence-corrected chi connectivity index (χ2v) is 6.63. The number of phenols is 1. The standard InChI is InChI=1S/C15H11NO3S2/c1-8-10(3-2-4-11(8)17)12-6-5-9(20-12)7-13-14(18)16-15(19)21-13/h2-7,17H,1H3,(H,16,18,19). The molecule has 1 aromatic heterocycles. The molecule has 2 aromatic rings. The first-order chi connectivity index (χ1) is 10.0. The molecule has 0 saturated carbocycles. The molecule has 0 atom stereocenters. The number of phenolic OH excluding ortho intramolecular Hbond substituents is 1. The zero-order valence-electron chi connectivity index (χ0n) is 11.0. The molecule has 0 bridgehead atoms. The van der Waals surface area contributed by atoms with E-state index < -0.39 is 0 Å². The first kappa shape index (κ1) is 13.9. The van der Waals surface area contributed by atoms with E-state index in [0.717, 1.165) is 32.6 Å². The van der Waals surface area contributed by atoms with Gasteiger partial charge in [-0.25, -0.2) is 0 Å². The Hall–Kier alpha value is -2.05. The van der Waals surface area contributed by atoms with Crippen LogP contribution in [0.4, 0.5) is 4.79 Å². The fourth-order valence-corrected chi connectivity index (χ4v) is 3.80. The number of thioether (sulfide) groups is 1. The largest absolute Gasteiger partial charge is 0.508 e. The molecular weight excluding hydrogens is 306 g/mol. The number of nitrogens with one attached hydrogen (secondary N) is 1. The molecule has 21 heavy (non-hydrogen) atoms. The number of imide groups is 1. The van der Waals surface area contributed by atoms with Crippen molar-refractivity contribution in [2.24, 2.45) is 0 Å². The van der Waals surface area contributed by atoms with Crippen LogP contribution in [0.25, 0.3) is 16.5 Å². The first-order valence-corrected chi connectivity index (χ1v) is 7.81. The van der Waals surface area contributed by atoms with Crippen molar-refractivity contribution in [2.45, 2.75) is 6.92 Å². The summed E-state index contributed by atoms with van der Waals surface area (Å²) >= 11 is 2.41. The van der Waals surface area contributed by atoms with Gasteiger partial charge in [-0.15, -0.1) is 11.3 Å². The molecule has 6 heteroatoms. The number of hydrogen-bond donors (Lipinski definition) is 2. The van der Waals surface area contributed by atoms with Crippen LogP contribution in [-0.4, -0.2) is 16.3 Å². The normalized spacial score (nSPS) is 16.5. The SMILES string of the molecule is Cc1c(O)cccc1-c1ccc(C=C2SC(=O)NC2=O)s1. The Bertz CT molecular complexity index is 777. The van der Waals surface area contributed by atoms with Crippen LogP contribution in [0.2, 0.25) is 0 Å². The van der Waals surface area contributed by atoms with Gasteiger partial charge in [0.05, 0.1) is 4.91 Å². The number of aromatic hydroxyl groups is 1. The van der Waals surface area contributed by atoms with Gasteiger partial charge >= 0.3 is 0 Å². The number of thiophene rings is 1. The molecule has 3 rings (SSSR count). The Morgan fingerprint density at radius 1 is 1.19 bits per heavy atom. The lowest BCUT2D eigenvalue weighted by atomic mass is 10.1. The third-order valence-electron chi connectivity index (χ3n) is 3.11. The molecule has 1 aliphatic heterocycles. The summed E-state index contributed by atoms with van der Waals surface area (Å²) in [6.07, 6.45) is 1.71. The fourth-order valence-electron chi connectivity index (χ4n) is 2.02. The summed E-state index contributed by atoms with van der Waals surface area (Å²) in [5.74, 6) is -0.0920. The van der Waals surface area contributed by atoms with E-state index >= 15 is 0 Å². The monoisotopic (exact) mass is 317 g/mol. The summed E-state index contributed by atoms with van der Waals surface area (Å²) in [5.41, 5.74) is 1.78. The predicted octanol–water partition coefficient (Wildman–Crippen LogP) is 3.75. The Morgan fingerprint density at radius 2 is 2.00 bits per heavy atom. The lowest BCUT2D eigenvalue weighted by Crippen LogP contribution is -2.17. The molecule has 1 saturated heterocycles. The van der Waals surface area contributed by atoms with Crippen molar-refractivity contribution >= 4 is 40.3 Å². The second kappa shape index (κ2) is 5.38. The van der Waals surface area contributed by atoms with Crippen molar-refractivity contribution in [1.82, 2.24) is 5.32 Å². The highest BCUT2D eigenvalue weighted by molar-refractivity contribution is 8.18. The van der Waals surface area contributed by atoms with E-state index in [-0.39, 0.29) is 16.9 Å². The van der Waals surface area contributed by atoms with Gasteiger partial charge in [0.2, 0.25) is 0 Å². The van der Waals surface area contributed by atoms with Crippen LogP contribution in [0.5, 0.6) is 5.75 Å². The van der Waals surface area contributed by atoms with Crippen LogP contribution in [0.1, 0.15) is 10.4 Å². The molecule has 2 heterocycles. The van der Waals surface area contributed by atoms with Crippen molar-refractivity contribution in [2.75, 3.05) is 0 Å². The molecule has 0 spiro atoms. The Morgan fingerprint density at radius 3 is 2.71 bits per heavy atom. The van der Waals surface area contributed by atoms with E-state index in [0.29, 0.717) is 4.91 Å². The van der Waals surface area contributed by atoms with Crippen molar-refractivity contribution < 1.29 is 14.7 Å². The highest BCUT2D eigenvalue weighted by atomic mass is 32.2. The molecule has 2 N–H and O–H groups in total. The summed E-state index contributed by atoms with van der Waals surface area (Å²) in [6.45, 7) is 1.86. The fraction of sp³-hybridized carbons (Fsp3) is 0.0667. The summed E-state index contributed by atoms with van der Waals surface area (Å²) in [6, 6.07) is 9.23. The zero-order chi connectivity index (χ0) is 15.0. The van der Waals surface area contributed by atoms with Crippen LogP contribution < -0.4 is 5.32 Å². The van der Waals surface area contributed by atoms with Gasteiger partial charge in [-0.1, -0.05) is 12.1 Å². The topological polar surface area (TPSA) is 66.4 Å². The number of amides is 2. The van der Waals surface area contributed by atoms with Crippen LogP contribution in [0, 0.1) is 6.92 Å². The second-order valence-electron chi connectivity index (χ2n) is 4.50. The average molecular weight is 317 g/mol. The van der Waals surface area contributed by atoms with Gasteiger partial charge in [0.1, 0.15) is 5.75 Å². The quantitative estimate of drug-likeness (QED) is 0.828. The molecule has 1 aromatic carbocycles. The van der Waals surface area contributed by atoms with Gasteiger partial charge in [0, 0.05) is 9.75 Å². The van der Waals surface area contributed by atoms with Crippen molar-refractivity contribution in [3.63, 3.8) is 0 Å². The summed E-state index contributed by atoms with van der Waals surface area (Å²) < 4.78 is 0. The first-order valence-electron chi connectivity index (χ1n) is 6.18. The van der Waals surface area contributed by atoms with Crippen LogP contribution >= 0.6 is 23.1 Å². The van der Waals surface area contributed by atoms with Gasteiger partial charge in [0.15, 0.2) is 0 Å². The number of carbonyl (C=O) groups is 2. The lowest BCUT2D eigenvalue weighted by molar-refractivity contribution is -0.115. The zero-order valence-corrected chi connectivity index (χ0v) is 12.7. The molecule has 106 valence electrons. The van der Waals surface area contributed by atoms with Crippen LogP contribution in [-0.2, 0) is 4.79 Å². The Labute approximate surface area is 129 Å². The van der Waals surface area contributed by atoms with Gasteiger partial charge in [0.25, 0.3) is 11.1 Å². The minimum Gasteiger partial charge on any atom is -0.508 e. The van der Waals surface area contributed by atoms with Crippen molar-refractivity contribution in [3.8, 4) is 16.2 Å². The number of benzene rings is 1. The molecule has 1 fully saturated rings. The van der Waals surface area contributed by atoms with E-state index in [1.54, 1.807) is 18.2 Å². The average Bonchev–Trinajstić information content (AvgIpc) is 3.01. The van der Waals surface area contributed by atoms with Crippen molar-refractivity contribution in [3.05, 3.63) is 45.7 Å². The number of carbonyl (C=O) groups excluding carboxylic acids is 2. The van der Waals surface area contributed by atoms with Gasteiger partial charge in [-0.2, -0.15) is 0 Å². The Balaban J connectivity index is 1.94. The van der Waals surface area contributed by atoms with E-state index in [9.17, 15) is 14.7 Å². The van der Waals surface area contributed by atoms with Gasteiger partial charge in [-0.05, 0) is 54.1 Å². The van der Waals surface area contributed by atoms with Gasteiger partial charge < -0.3 is 5.11 Å². The maximum atomic E-state index is 11.5. The minimum absolute atomic E-state index is 0.261. The van der Waals surface area contributed by atoms with Crippen LogP contribution in [0.3, 0.4) is 0 Å². The molecule has 0 unspecified atom stereocenters. The van der Waals surface area contributed by atoms with E-state index in [4.69, 9.17) is 0 Å². The number of hydrogen-bond acceptors (Lipinski definition) is 5. The van der Waals surface area contributed by atoms with E-state index in [2.05, 4.69) is 5.32 Å². The maximum absolute atomic E-state index is 11.5. The minimum atomic E-state index is -0.353. The Kier molecular flexibility index (Phi) is 3.57. The highest BCUT2D eigenvalue weighted by Gasteiger charge is 2.25. The smallest absolute Gasteiger partial charge is 0.290 e. The maximum Gasteiger partial charge on any atom is 0.290 e. The third kappa shape index (κ3) is 2.72. The van der Waals surface area contributed by atoms with Crippen LogP contribution in [0.15, 0.2) is 35.2 Å². The molecular formula is C15H11NO3S2. The van der Waals surface area contributed by atoms with Gasteiger partial charge in [-0.3, -0.25) is 14.9 Å². The number of rotatable bonds is 2. The summed E-state index contributed by atoms with van der Waals surface area (Å²) in [5, 5.41) is 11.7. The molecule has 1 aliphatic rings. The predicted molar refractivity (Wildman–Crippen MR) is 85.3 cm³/mol. The lowest BCUT2D eigenvalue weighted by Gasteiger charge is -2.04. The third-order valence-corrected chi connectivity index (χ3v) is 4.99. The highest BCUT2D eigenvalue weighted by Crippen LogP contribution is 2.35. The molecule has 2 amide bonds. The van der Waals surface area contributed by atoms with Crippen molar-refractivity contribution in [1.29, 1.82) is 0 Å².